The molecule has 0 saturated carbocycles. The first-order chi connectivity index (χ1) is 7.24. The third-order valence-corrected chi connectivity index (χ3v) is 2.94. The Bertz CT molecular complexity index is 367. The summed E-state index contributed by atoms with van der Waals surface area (Å²) in [5.74, 6) is 0. The molecule has 1 heterocycles. The van der Waals surface area contributed by atoms with Crippen LogP contribution in [-0.4, -0.2) is 28.3 Å². The number of hydrogen-bond donors (Lipinski definition) is 2. The lowest BCUT2D eigenvalue weighted by Crippen LogP contribution is -2.44. The normalized spacial score (nSPS) is 20.8. The molecule has 15 heavy (non-hydrogen) atoms. The summed E-state index contributed by atoms with van der Waals surface area (Å²) in [4.78, 5) is 0. The van der Waals surface area contributed by atoms with Gasteiger partial charge in [0.05, 0.1) is 6.04 Å². The number of fused-ring (bicyclic) bond motifs is 1. The molecule has 4 heteroatoms. The lowest BCUT2D eigenvalue weighted by atomic mass is 9.95. The van der Waals surface area contributed by atoms with Crippen LogP contribution in [0.15, 0.2) is 24.3 Å². The van der Waals surface area contributed by atoms with E-state index in [1.54, 1.807) is 5.01 Å². The van der Waals surface area contributed by atoms with Crippen molar-refractivity contribution in [2.24, 2.45) is 0 Å². The second-order valence-corrected chi connectivity index (χ2v) is 3.74. The van der Waals surface area contributed by atoms with Crippen LogP contribution in [0, 0.1) is 5.41 Å². The van der Waals surface area contributed by atoms with Crippen LogP contribution >= 0.6 is 0 Å². The first-order valence-corrected chi connectivity index (χ1v) is 5.07. The number of nitrogens with zero attached hydrogens (tertiary/aromatic N) is 2. The average Bonchev–Trinajstić information content (AvgIpc) is 2.29. The molecule has 0 spiro atoms. The molecule has 0 fully saturated rings. The smallest absolute Gasteiger partial charge is 0.126 e. The molecule has 2 N–H and O–H groups in total. The fraction of sp³-hybridized carbons (Fsp3) is 0.364. The molecule has 0 saturated heterocycles. The first kappa shape index (κ1) is 10.1. The summed E-state index contributed by atoms with van der Waals surface area (Å²) < 4.78 is 0. The quantitative estimate of drug-likeness (QED) is 0.440. The number of hydroxylamine groups is 1. The van der Waals surface area contributed by atoms with Crippen LogP contribution in [0.5, 0.6) is 0 Å². The van der Waals surface area contributed by atoms with E-state index < -0.39 is 0 Å². The van der Waals surface area contributed by atoms with Gasteiger partial charge in [-0.1, -0.05) is 24.3 Å². The van der Waals surface area contributed by atoms with Gasteiger partial charge in [0.1, 0.15) is 6.34 Å². The van der Waals surface area contributed by atoms with E-state index in [-0.39, 0.29) is 6.04 Å². The highest BCUT2D eigenvalue weighted by molar-refractivity contribution is 5.48. The molecule has 1 aliphatic heterocycles. The topological polar surface area (TPSA) is 50.6 Å². The van der Waals surface area contributed by atoms with E-state index in [9.17, 15) is 5.21 Å². The Hall–Kier alpha value is -1.39. The maximum Gasteiger partial charge on any atom is 0.126 e. The Morgan fingerprint density at radius 2 is 2.27 bits per heavy atom. The molecule has 80 valence electrons. The van der Waals surface area contributed by atoms with Gasteiger partial charge in [-0.2, -0.15) is 10.2 Å². The van der Waals surface area contributed by atoms with Crippen LogP contribution in [-0.2, 0) is 6.42 Å². The van der Waals surface area contributed by atoms with E-state index in [4.69, 9.17) is 5.41 Å². The number of benzene rings is 1. The van der Waals surface area contributed by atoms with E-state index in [0.717, 1.165) is 24.5 Å². The summed E-state index contributed by atoms with van der Waals surface area (Å²) in [5, 5.41) is 19.2. The highest BCUT2D eigenvalue weighted by atomic mass is 16.5. The van der Waals surface area contributed by atoms with Gasteiger partial charge in [0.25, 0.3) is 0 Å². The van der Waals surface area contributed by atoms with Crippen molar-refractivity contribution in [2.75, 3.05) is 6.54 Å². The van der Waals surface area contributed by atoms with Gasteiger partial charge in [-0.25, -0.2) is 0 Å². The SMILES string of the molecule is CC1c2ccccc2CCN1N(O)C=N. The maximum absolute atomic E-state index is 9.49. The number of nitrogens with one attached hydrogen (secondary N) is 1. The Labute approximate surface area is 89.2 Å². The third-order valence-electron chi connectivity index (χ3n) is 2.94. The van der Waals surface area contributed by atoms with Gasteiger partial charge >= 0.3 is 0 Å². The Morgan fingerprint density at radius 3 is 3.00 bits per heavy atom. The van der Waals surface area contributed by atoms with Crippen LogP contribution in [0.2, 0.25) is 0 Å². The molecular formula is C11H15N3O. The Kier molecular flexibility index (Phi) is 2.70. The standard InChI is InChI=1S/C11H15N3O/c1-9-11-5-3-2-4-10(11)6-7-13(9)14(15)8-12/h2-5,8-9,12,15H,6-7H2,1H3. The van der Waals surface area contributed by atoms with Crippen molar-refractivity contribution in [3.8, 4) is 0 Å². The summed E-state index contributed by atoms with van der Waals surface area (Å²) >= 11 is 0. The van der Waals surface area contributed by atoms with Crippen molar-refractivity contribution < 1.29 is 5.21 Å². The molecule has 2 rings (SSSR count). The second kappa shape index (κ2) is 4.00. The molecule has 0 radical (unpaired) electrons. The van der Waals surface area contributed by atoms with Gasteiger partial charge in [0, 0.05) is 6.54 Å². The van der Waals surface area contributed by atoms with Gasteiger partial charge in [-0.05, 0) is 24.5 Å². The fourth-order valence-electron chi connectivity index (χ4n) is 2.11. The first-order valence-electron chi connectivity index (χ1n) is 5.07. The van der Waals surface area contributed by atoms with Crippen LogP contribution in [0.3, 0.4) is 0 Å². The Morgan fingerprint density at radius 1 is 1.53 bits per heavy atom. The van der Waals surface area contributed by atoms with E-state index in [1.165, 1.54) is 11.1 Å². The lowest BCUT2D eigenvalue weighted by Gasteiger charge is -2.37. The molecule has 0 bridgehead atoms. The second-order valence-electron chi connectivity index (χ2n) is 3.74. The van der Waals surface area contributed by atoms with Crippen molar-refractivity contribution in [1.29, 1.82) is 5.41 Å². The molecule has 1 aromatic carbocycles. The molecule has 1 aliphatic rings. The molecular weight excluding hydrogens is 190 g/mol. The van der Waals surface area contributed by atoms with Crippen molar-refractivity contribution >= 4 is 6.34 Å². The highest BCUT2D eigenvalue weighted by Crippen LogP contribution is 2.29. The van der Waals surface area contributed by atoms with Crippen LogP contribution < -0.4 is 0 Å². The summed E-state index contributed by atoms with van der Waals surface area (Å²) in [6.45, 7) is 2.77. The fourth-order valence-corrected chi connectivity index (χ4v) is 2.11. The maximum atomic E-state index is 9.49. The van der Waals surface area contributed by atoms with Crippen LogP contribution in [0.1, 0.15) is 24.1 Å². The third kappa shape index (κ3) is 1.73. The van der Waals surface area contributed by atoms with E-state index >= 15 is 0 Å². The Balaban J connectivity index is 2.29. The summed E-state index contributed by atoms with van der Waals surface area (Å²) in [7, 11) is 0. The number of rotatable bonds is 2. The van der Waals surface area contributed by atoms with E-state index in [1.807, 2.05) is 19.1 Å². The predicted molar refractivity (Wildman–Crippen MR) is 57.7 cm³/mol. The summed E-state index contributed by atoms with van der Waals surface area (Å²) in [6.07, 6.45) is 1.83. The van der Waals surface area contributed by atoms with Crippen LogP contribution in [0.25, 0.3) is 0 Å². The van der Waals surface area contributed by atoms with Crippen molar-refractivity contribution in [2.45, 2.75) is 19.4 Å². The molecule has 1 aromatic rings. The minimum atomic E-state index is 0.113. The largest absolute Gasteiger partial charge is 0.288 e. The predicted octanol–water partition coefficient (Wildman–Crippen LogP) is 1.82. The van der Waals surface area contributed by atoms with E-state index in [0.29, 0.717) is 0 Å². The van der Waals surface area contributed by atoms with E-state index in [2.05, 4.69) is 12.1 Å². The van der Waals surface area contributed by atoms with Crippen molar-refractivity contribution in [3.05, 3.63) is 35.4 Å². The zero-order chi connectivity index (χ0) is 10.8. The molecule has 0 aromatic heterocycles. The highest BCUT2D eigenvalue weighted by Gasteiger charge is 2.26. The van der Waals surface area contributed by atoms with Crippen LogP contribution in [0.4, 0.5) is 0 Å². The van der Waals surface area contributed by atoms with Crippen molar-refractivity contribution in [3.63, 3.8) is 0 Å². The van der Waals surface area contributed by atoms with Gasteiger partial charge in [-0.15, -0.1) is 0 Å². The van der Waals surface area contributed by atoms with Crippen molar-refractivity contribution in [1.82, 2.24) is 10.2 Å². The minimum Gasteiger partial charge on any atom is -0.288 e. The zero-order valence-electron chi connectivity index (χ0n) is 8.72. The number of hydrazine groups is 1. The number of hydrogen-bond acceptors (Lipinski definition) is 3. The molecule has 1 atom stereocenters. The van der Waals surface area contributed by atoms with Gasteiger partial charge in [0.2, 0.25) is 0 Å². The molecule has 4 nitrogen and oxygen atoms in total. The van der Waals surface area contributed by atoms with Gasteiger partial charge in [0.15, 0.2) is 0 Å². The summed E-state index contributed by atoms with van der Waals surface area (Å²) in [6, 6.07) is 8.35. The molecule has 1 unspecified atom stereocenters. The molecule has 0 aliphatic carbocycles. The molecule has 0 amide bonds. The minimum absolute atomic E-state index is 0.113. The van der Waals surface area contributed by atoms with Gasteiger partial charge in [-0.3, -0.25) is 10.6 Å². The summed E-state index contributed by atoms with van der Waals surface area (Å²) in [5.41, 5.74) is 2.56. The lowest BCUT2D eigenvalue weighted by molar-refractivity contribution is -0.200. The average molecular weight is 205 g/mol. The monoisotopic (exact) mass is 205 g/mol. The zero-order valence-corrected chi connectivity index (χ0v) is 8.72. The van der Waals surface area contributed by atoms with Gasteiger partial charge < -0.3 is 0 Å².